The van der Waals surface area contributed by atoms with Crippen LogP contribution in [0.5, 0.6) is 0 Å². The number of halogens is 1. The standard InChI is InChI=1S/C22H23FN4O/c1-16-21(14-25-27(16)20-9-7-18(23)8-10-20)22(28)24-13-17-11-12-26(15-17)19-5-3-2-4-6-19/h2-10,14,17H,11-13,15H2,1H3,(H,24,28). The lowest BCUT2D eigenvalue weighted by atomic mass is 10.1. The Kier molecular flexibility index (Phi) is 5.10. The Labute approximate surface area is 163 Å². The lowest BCUT2D eigenvalue weighted by Crippen LogP contribution is -2.31. The van der Waals surface area contributed by atoms with Crippen molar-refractivity contribution >= 4 is 11.6 Å². The fourth-order valence-electron chi connectivity index (χ4n) is 3.68. The Balaban J connectivity index is 1.36. The molecule has 1 N–H and O–H groups in total. The van der Waals surface area contributed by atoms with Crippen LogP contribution < -0.4 is 10.2 Å². The van der Waals surface area contributed by atoms with E-state index in [9.17, 15) is 9.18 Å². The number of nitrogens with one attached hydrogen (secondary N) is 1. The van der Waals surface area contributed by atoms with Crippen LogP contribution in [0.25, 0.3) is 5.69 Å². The van der Waals surface area contributed by atoms with Crippen LogP contribution in [0.15, 0.2) is 60.8 Å². The van der Waals surface area contributed by atoms with Gasteiger partial charge in [0, 0.05) is 25.3 Å². The summed E-state index contributed by atoms with van der Waals surface area (Å²) >= 11 is 0. The maximum atomic E-state index is 13.1. The lowest BCUT2D eigenvalue weighted by Gasteiger charge is -2.18. The molecule has 1 aliphatic rings. The lowest BCUT2D eigenvalue weighted by molar-refractivity contribution is 0.0947. The highest BCUT2D eigenvalue weighted by Gasteiger charge is 2.24. The second kappa shape index (κ2) is 7.84. The molecule has 5 nitrogen and oxygen atoms in total. The molecule has 1 saturated heterocycles. The Hall–Kier alpha value is -3.15. The summed E-state index contributed by atoms with van der Waals surface area (Å²) in [7, 11) is 0. The number of carbonyl (C=O) groups excluding carboxylic acids is 1. The van der Waals surface area contributed by atoms with E-state index in [-0.39, 0.29) is 11.7 Å². The Morgan fingerprint density at radius 2 is 1.89 bits per heavy atom. The van der Waals surface area contributed by atoms with Gasteiger partial charge in [-0.2, -0.15) is 5.10 Å². The van der Waals surface area contributed by atoms with Gasteiger partial charge in [-0.15, -0.1) is 0 Å². The SMILES string of the molecule is Cc1c(C(=O)NCC2CCN(c3ccccc3)C2)cnn1-c1ccc(F)cc1. The van der Waals surface area contributed by atoms with E-state index in [1.54, 1.807) is 23.0 Å². The molecule has 28 heavy (non-hydrogen) atoms. The van der Waals surface area contributed by atoms with Gasteiger partial charge in [-0.1, -0.05) is 18.2 Å². The van der Waals surface area contributed by atoms with E-state index < -0.39 is 0 Å². The summed E-state index contributed by atoms with van der Waals surface area (Å²) in [4.78, 5) is 15.0. The summed E-state index contributed by atoms with van der Waals surface area (Å²) in [6, 6.07) is 16.4. The van der Waals surface area contributed by atoms with Gasteiger partial charge in [-0.05, 0) is 55.7 Å². The number of aromatic nitrogens is 2. The van der Waals surface area contributed by atoms with E-state index in [4.69, 9.17) is 0 Å². The minimum Gasteiger partial charge on any atom is -0.371 e. The first-order valence-corrected chi connectivity index (χ1v) is 9.50. The number of amides is 1. The summed E-state index contributed by atoms with van der Waals surface area (Å²) < 4.78 is 14.8. The van der Waals surface area contributed by atoms with Crippen LogP contribution in [0, 0.1) is 18.7 Å². The predicted molar refractivity (Wildman–Crippen MR) is 107 cm³/mol. The van der Waals surface area contributed by atoms with Crippen molar-refractivity contribution in [2.24, 2.45) is 5.92 Å². The molecule has 0 bridgehead atoms. The maximum Gasteiger partial charge on any atom is 0.254 e. The van der Waals surface area contributed by atoms with Crippen LogP contribution in [-0.4, -0.2) is 35.3 Å². The van der Waals surface area contributed by atoms with Crippen LogP contribution >= 0.6 is 0 Å². The van der Waals surface area contributed by atoms with Crippen LogP contribution in [0.2, 0.25) is 0 Å². The predicted octanol–water partition coefficient (Wildman–Crippen LogP) is 3.58. The number of hydrogen-bond acceptors (Lipinski definition) is 3. The van der Waals surface area contributed by atoms with Crippen molar-refractivity contribution in [3.63, 3.8) is 0 Å². The third kappa shape index (κ3) is 3.76. The van der Waals surface area contributed by atoms with Gasteiger partial charge in [0.05, 0.1) is 23.1 Å². The highest BCUT2D eigenvalue weighted by atomic mass is 19.1. The first kappa shape index (κ1) is 18.2. The Morgan fingerprint density at radius 3 is 2.64 bits per heavy atom. The van der Waals surface area contributed by atoms with Crippen molar-refractivity contribution in [2.75, 3.05) is 24.5 Å². The Morgan fingerprint density at radius 1 is 1.14 bits per heavy atom. The molecule has 4 rings (SSSR count). The van der Waals surface area contributed by atoms with E-state index in [0.29, 0.717) is 18.0 Å². The largest absolute Gasteiger partial charge is 0.371 e. The Bertz CT molecular complexity index is 952. The second-order valence-electron chi connectivity index (χ2n) is 7.18. The molecule has 0 saturated carbocycles. The molecule has 1 unspecified atom stereocenters. The molecule has 1 aromatic heterocycles. The molecule has 0 spiro atoms. The first-order valence-electron chi connectivity index (χ1n) is 9.50. The van der Waals surface area contributed by atoms with Gasteiger partial charge < -0.3 is 10.2 Å². The van der Waals surface area contributed by atoms with Crippen molar-refractivity contribution in [1.82, 2.24) is 15.1 Å². The number of carbonyl (C=O) groups is 1. The molecular formula is C22H23FN4O. The zero-order valence-corrected chi connectivity index (χ0v) is 15.8. The zero-order valence-electron chi connectivity index (χ0n) is 15.8. The van der Waals surface area contributed by atoms with Gasteiger partial charge in [-0.25, -0.2) is 9.07 Å². The average Bonchev–Trinajstić information content (AvgIpc) is 3.34. The topological polar surface area (TPSA) is 50.2 Å². The highest BCUT2D eigenvalue weighted by molar-refractivity contribution is 5.95. The van der Waals surface area contributed by atoms with E-state index in [1.807, 2.05) is 25.1 Å². The van der Waals surface area contributed by atoms with Crippen LogP contribution in [0.3, 0.4) is 0 Å². The molecule has 1 amide bonds. The summed E-state index contributed by atoms with van der Waals surface area (Å²) in [5, 5.41) is 7.34. The third-order valence-corrected chi connectivity index (χ3v) is 5.28. The molecule has 6 heteroatoms. The molecule has 1 atom stereocenters. The van der Waals surface area contributed by atoms with Gasteiger partial charge >= 0.3 is 0 Å². The number of anilines is 1. The molecule has 2 heterocycles. The smallest absolute Gasteiger partial charge is 0.254 e. The fourth-order valence-corrected chi connectivity index (χ4v) is 3.68. The minimum atomic E-state index is -0.298. The summed E-state index contributed by atoms with van der Waals surface area (Å²) in [5.41, 5.74) is 3.24. The van der Waals surface area contributed by atoms with Crippen molar-refractivity contribution in [2.45, 2.75) is 13.3 Å². The van der Waals surface area contributed by atoms with Crippen LogP contribution in [-0.2, 0) is 0 Å². The third-order valence-electron chi connectivity index (χ3n) is 5.28. The van der Waals surface area contributed by atoms with Gasteiger partial charge in [0.15, 0.2) is 0 Å². The fraction of sp³-hybridized carbons (Fsp3) is 0.273. The van der Waals surface area contributed by atoms with E-state index >= 15 is 0 Å². The van der Waals surface area contributed by atoms with Crippen LogP contribution in [0.1, 0.15) is 22.5 Å². The summed E-state index contributed by atoms with van der Waals surface area (Å²) in [6.07, 6.45) is 2.63. The van der Waals surface area contributed by atoms with Crippen molar-refractivity contribution in [3.05, 3.63) is 77.9 Å². The highest BCUT2D eigenvalue weighted by Crippen LogP contribution is 2.23. The molecule has 1 aliphatic heterocycles. The van der Waals surface area contributed by atoms with Crippen molar-refractivity contribution < 1.29 is 9.18 Å². The normalized spacial score (nSPS) is 16.4. The van der Waals surface area contributed by atoms with Crippen molar-refractivity contribution in [1.29, 1.82) is 0 Å². The number of nitrogens with zero attached hydrogens (tertiary/aromatic N) is 3. The van der Waals surface area contributed by atoms with Gasteiger partial charge in [-0.3, -0.25) is 4.79 Å². The van der Waals surface area contributed by atoms with Gasteiger partial charge in [0.25, 0.3) is 5.91 Å². The molecule has 0 aliphatic carbocycles. The molecule has 1 fully saturated rings. The van der Waals surface area contributed by atoms with Crippen molar-refractivity contribution in [3.8, 4) is 5.69 Å². The zero-order chi connectivity index (χ0) is 19.5. The molecule has 2 aromatic carbocycles. The van der Waals surface area contributed by atoms with E-state index in [1.165, 1.54) is 17.8 Å². The average molecular weight is 378 g/mol. The molecule has 144 valence electrons. The molecule has 3 aromatic rings. The number of para-hydroxylation sites is 1. The molecule has 0 radical (unpaired) electrons. The maximum absolute atomic E-state index is 13.1. The van der Waals surface area contributed by atoms with Gasteiger partial charge in [0.2, 0.25) is 0 Å². The summed E-state index contributed by atoms with van der Waals surface area (Å²) in [6.45, 7) is 4.44. The number of benzene rings is 2. The number of hydrogen-bond donors (Lipinski definition) is 1. The van der Waals surface area contributed by atoms with Crippen LogP contribution in [0.4, 0.5) is 10.1 Å². The summed E-state index contributed by atoms with van der Waals surface area (Å²) in [5.74, 6) is 0.00765. The first-order chi connectivity index (χ1) is 13.6. The quantitative estimate of drug-likeness (QED) is 0.738. The second-order valence-corrected chi connectivity index (χ2v) is 7.18. The van der Waals surface area contributed by atoms with Gasteiger partial charge in [0.1, 0.15) is 5.82 Å². The number of rotatable bonds is 5. The van der Waals surface area contributed by atoms with E-state index in [2.05, 4.69) is 27.4 Å². The van der Waals surface area contributed by atoms with E-state index in [0.717, 1.165) is 30.9 Å². The molecular weight excluding hydrogens is 355 g/mol. The minimum absolute atomic E-state index is 0.121. The monoisotopic (exact) mass is 378 g/mol.